The van der Waals surface area contributed by atoms with E-state index >= 15 is 0 Å². The van der Waals surface area contributed by atoms with Crippen molar-refractivity contribution in [3.63, 3.8) is 0 Å². The first kappa shape index (κ1) is 12.2. The van der Waals surface area contributed by atoms with Gasteiger partial charge in [-0.1, -0.05) is 0 Å². The van der Waals surface area contributed by atoms with Crippen LogP contribution in [0.2, 0.25) is 0 Å². The summed E-state index contributed by atoms with van der Waals surface area (Å²) in [6.45, 7) is 3.90. The van der Waals surface area contributed by atoms with Crippen molar-refractivity contribution in [1.82, 2.24) is 10.2 Å². The molecule has 94 valence electrons. The number of nitrogens with zero attached hydrogens (tertiary/aromatic N) is 2. The first-order chi connectivity index (χ1) is 8.09. The molecule has 2 heterocycles. The Balaban J connectivity index is 2.20. The maximum absolute atomic E-state index is 11.9. The number of thiophene rings is 1. The molecule has 0 saturated carbocycles. The molecule has 6 heteroatoms. The molecule has 1 fully saturated rings. The van der Waals surface area contributed by atoms with Gasteiger partial charge in [0, 0.05) is 40.3 Å². The molecule has 0 atom stereocenters. The number of carbonyl (C=O) groups excluding carboxylic acids is 1. The first-order valence-electron chi connectivity index (χ1n) is 5.66. The van der Waals surface area contributed by atoms with Gasteiger partial charge in [-0.15, -0.1) is 11.3 Å². The number of hydrogen-bond acceptors (Lipinski definition) is 5. The Hall–Kier alpha value is -1.27. The summed E-state index contributed by atoms with van der Waals surface area (Å²) >= 11 is 1.48. The Labute approximate surface area is 105 Å². The second-order valence-corrected chi connectivity index (χ2v) is 5.34. The van der Waals surface area contributed by atoms with E-state index in [1.807, 2.05) is 6.07 Å². The van der Waals surface area contributed by atoms with E-state index in [-0.39, 0.29) is 5.91 Å². The Kier molecular flexibility index (Phi) is 3.54. The number of hydrogen-bond donors (Lipinski definition) is 2. The number of rotatable bonds is 2. The number of anilines is 2. The average Bonchev–Trinajstić information content (AvgIpc) is 2.71. The van der Waals surface area contributed by atoms with Crippen LogP contribution in [0, 0.1) is 0 Å². The third-order valence-corrected chi connectivity index (χ3v) is 3.98. The summed E-state index contributed by atoms with van der Waals surface area (Å²) in [7, 11) is 3.48. The molecule has 1 saturated heterocycles. The fraction of sp³-hybridized carbons (Fsp3) is 0.545. The number of amides is 1. The standard InChI is InChI=1S/C11H18N4OS/c1-14(2)11(16)10-8(12)7-9(17-10)15-5-3-13-4-6-15/h7,13H,3-6,12H2,1-2H3. The number of nitrogen functional groups attached to an aromatic ring is 1. The maximum atomic E-state index is 11.9. The molecule has 1 amide bonds. The molecule has 0 spiro atoms. The molecule has 17 heavy (non-hydrogen) atoms. The van der Waals surface area contributed by atoms with E-state index in [0.29, 0.717) is 10.6 Å². The third-order valence-electron chi connectivity index (χ3n) is 2.78. The zero-order valence-electron chi connectivity index (χ0n) is 10.2. The van der Waals surface area contributed by atoms with Crippen LogP contribution in [0.5, 0.6) is 0 Å². The van der Waals surface area contributed by atoms with Crippen molar-refractivity contribution in [2.45, 2.75) is 0 Å². The second-order valence-electron chi connectivity index (χ2n) is 4.31. The van der Waals surface area contributed by atoms with E-state index < -0.39 is 0 Å². The van der Waals surface area contributed by atoms with Crippen LogP contribution < -0.4 is 16.0 Å². The van der Waals surface area contributed by atoms with Gasteiger partial charge in [-0.3, -0.25) is 4.79 Å². The quantitative estimate of drug-likeness (QED) is 0.804. The smallest absolute Gasteiger partial charge is 0.265 e. The lowest BCUT2D eigenvalue weighted by molar-refractivity contribution is 0.0833. The van der Waals surface area contributed by atoms with Crippen LogP contribution in [0.15, 0.2) is 6.07 Å². The molecule has 1 aromatic heterocycles. The van der Waals surface area contributed by atoms with E-state index in [1.54, 1.807) is 19.0 Å². The van der Waals surface area contributed by atoms with Crippen LogP contribution in [0.3, 0.4) is 0 Å². The van der Waals surface area contributed by atoms with E-state index in [0.717, 1.165) is 31.2 Å². The fourth-order valence-corrected chi connectivity index (χ4v) is 2.96. The summed E-state index contributed by atoms with van der Waals surface area (Å²) in [5, 5.41) is 4.40. The molecule has 0 aliphatic carbocycles. The van der Waals surface area contributed by atoms with E-state index in [1.165, 1.54) is 11.3 Å². The minimum atomic E-state index is -0.0196. The number of carbonyl (C=O) groups is 1. The summed E-state index contributed by atoms with van der Waals surface area (Å²) in [6, 6.07) is 1.91. The van der Waals surface area contributed by atoms with Crippen LogP contribution >= 0.6 is 11.3 Å². The predicted octanol–water partition coefficient (Wildman–Crippen LogP) is 0.442. The Morgan fingerprint density at radius 3 is 2.71 bits per heavy atom. The summed E-state index contributed by atoms with van der Waals surface area (Å²) in [6.07, 6.45) is 0. The van der Waals surface area contributed by atoms with Gasteiger partial charge in [0.15, 0.2) is 0 Å². The lowest BCUT2D eigenvalue weighted by Crippen LogP contribution is -2.43. The Morgan fingerprint density at radius 1 is 1.47 bits per heavy atom. The minimum Gasteiger partial charge on any atom is -0.397 e. The van der Waals surface area contributed by atoms with Gasteiger partial charge in [0.1, 0.15) is 4.88 Å². The highest BCUT2D eigenvalue weighted by molar-refractivity contribution is 7.18. The molecule has 5 nitrogen and oxygen atoms in total. The zero-order valence-corrected chi connectivity index (χ0v) is 11.0. The van der Waals surface area contributed by atoms with Crippen LogP contribution in [0.1, 0.15) is 9.67 Å². The van der Waals surface area contributed by atoms with Gasteiger partial charge in [-0.25, -0.2) is 0 Å². The lowest BCUT2D eigenvalue weighted by atomic mass is 10.3. The minimum absolute atomic E-state index is 0.0196. The van der Waals surface area contributed by atoms with Crippen molar-refractivity contribution in [3.8, 4) is 0 Å². The number of nitrogens with two attached hydrogens (primary N) is 1. The Bertz CT molecular complexity index is 410. The molecule has 3 N–H and O–H groups in total. The number of nitrogens with one attached hydrogen (secondary N) is 1. The molecule has 0 aromatic carbocycles. The second kappa shape index (κ2) is 4.93. The van der Waals surface area contributed by atoms with Crippen molar-refractivity contribution in [3.05, 3.63) is 10.9 Å². The Morgan fingerprint density at radius 2 is 2.12 bits per heavy atom. The van der Waals surface area contributed by atoms with Crippen molar-refractivity contribution >= 4 is 27.9 Å². The molecule has 1 aromatic rings. The van der Waals surface area contributed by atoms with E-state index in [4.69, 9.17) is 5.73 Å². The van der Waals surface area contributed by atoms with E-state index in [9.17, 15) is 4.79 Å². The molecular weight excluding hydrogens is 236 g/mol. The van der Waals surface area contributed by atoms with Gasteiger partial charge in [0.05, 0.1) is 10.7 Å². The zero-order chi connectivity index (χ0) is 12.4. The summed E-state index contributed by atoms with van der Waals surface area (Å²) in [5.74, 6) is -0.0196. The van der Waals surface area contributed by atoms with Crippen LogP contribution in [-0.2, 0) is 0 Å². The van der Waals surface area contributed by atoms with Crippen LogP contribution in [-0.4, -0.2) is 51.1 Å². The molecular formula is C11H18N4OS. The maximum Gasteiger partial charge on any atom is 0.265 e. The van der Waals surface area contributed by atoms with Crippen molar-refractivity contribution in [2.24, 2.45) is 0 Å². The SMILES string of the molecule is CN(C)C(=O)c1sc(N2CCNCC2)cc1N. The molecule has 0 unspecified atom stereocenters. The van der Waals surface area contributed by atoms with E-state index in [2.05, 4.69) is 10.2 Å². The summed E-state index contributed by atoms with van der Waals surface area (Å²) < 4.78 is 0. The highest BCUT2D eigenvalue weighted by Crippen LogP contribution is 2.32. The first-order valence-corrected chi connectivity index (χ1v) is 6.48. The summed E-state index contributed by atoms with van der Waals surface area (Å²) in [5.41, 5.74) is 6.49. The van der Waals surface area contributed by atoms with Gasteiger partial charge in [-0.2, -0.15) is 0 Å². The van der Waals surface area contributed by atoms with Gasteiger partial charge >= 0.3 is 0 Å². The van der Waals surface area contributed by atoms with Gasteiger partial charge < -0.3 is 20.9 Å². The largest absolute Gasteiger partial charge is 0.397 e. The van der Waals surface area contributed by atoms with Gasteiger partial charge in [0.2, 0.25) is 0 Å². The van der Waals surface area contributed by atoms with Crippen molar-refractivity contribution in [1.29, 1.82) is 0 Å². The molecule has 0 radical (unpaired) electrons. The number of piperazine rings is 1. The highest BCUT2D eigenvalue weighted by atomic mass is 32.1. The molecule has 2 rings (SSSR count). The summed E-state index contributed by atoms with van der Waals surface area (Å²) in [4.78, 5) is 16.4. The monoisotopic (exact) mass is 254 g/mol. The van der Waals surface area contributed by atoms with Crippen molar-refractivity contribution in [2.75, 3.05) is 50.9 Å². The molecule has 1 aliphatic heterocycles. The van der Waals surface area contributed by atoms with Gasteiger partial charge in [-0.05, 0) is 6.07 Å². The van der Waals surface area contributed by atoms with Gasteiger partial charge in [0.25, 0.3) is 5.91 Å². The average molecular weight is 254 g/mol. The van der Waals surface area contributed by atoms with Crippen LogP contribution in [0.25, 0.3) is 0 Å². The lowest BCUT2D eigenvalue weighted by Gasteiger charge is -2.27. The topological polar surface area (TPSA) is 61.6 Å². The highest BCUT2D eigenvalue weighted by Gasteiger charge is 2.19. The predicted molar refractivity (Wildman–Crippen MR) is 71.8 cm³/mol. The normalized spacial score (nSPS) is 16.0. The molecule has 1 aliphatic rings. The fourth-order valence-electron chi connectivity index (χ4n) is 1.80. The van der Waals surface area contributed by atoms with Crippen molar-refractivity contribution < 1.29 is 4.79 Å². The van der Waals surface area contributed by atoms with Crippen LogP contribution in [0.4, 0.5) is 10.7 Å². The third kappa shape index (κ3) is 2.53. The molecule has 0 bridgehead atoms.